The summed E-state index contributed by atoms with van der Waals surface area (Å²) in [5, 5.41) is 11.0. The van der Waals surface area contributed by atoms with E-state index in [1.54, 1.807) is 91.0 Å². The van der Waals surface area contributed by atoms with E-state index in [1.807, 2.05) is 0 Å². The number of hydrogen-bond acceptors (Lipinski definition) is 6. The Bertz CT molecular complexity index is 1200. The first-order chi connectivity index (χ1) is 15.9. The fourth-order valence-corrected chi connectivity index (χ4v) is 3.03. The highest BCUT2D eigenvalue weighted by Gasteiger charge is 2.34. The summed E-state index contributed by atoms with van der Waals surface area (Å²) >= 11 is 0. The fraction of sp³-hybridized carbons (Fsp3) is 0.0769. The molecule has 0 aliphatic heterocycles. The van der Waals surface area contributed by atoms with Crippen LogP contribution < -0.4 is 4.90 Å². The largest absolute Gasteiger partial charge is 0.506 e. The van der Waals surface area contributed by atoms with Crippen molar-refractivity contribution in [1.82, 2.24) is 0 Å². The molecule has 0 aliphatic rings. The average Bonchev–Trinajstić information content (AvgIpc) is 2.88. The Kier molecular flexibility index (Phi) is 7.49. The number of carbonyl (C=O) groups is 3. The number of nitrogens with zero attached hydrogens (tertiary/aromatic N) is 2. The van der Waals surface area contributed by atoms with E-state index in [9.17, 15) is 19.5 Å². The molecule has 7 nitrogen and oxygen atoms in total. The van der Waals surface area contributed by atoms with E-state index in [2.05, 4.69) is 4.99 Å². The highest BCUT2D eigenvalue weighted by molar-refractivity contribution is 6.62. The smallest absolute Gasteiger partial charge is 0.357 e. The number of para-hydroxylation sites is 2. The summed E-state index contributed by atoms with van der Waals surface area (Å²) in [6, 6.07) is 25.0. The van der Waals surface area contributed by atoms with Crippen molar-refractivity contribution < 1.29 is 24.2 Å². The van der Waals surface area contributed by atoms with Gasteiger partial charge in [-0.25, -0.2) is 9.79 Å². The third kappa shape index (κ3) is 5.40. The molecule has 0 fully saturated rings. The van der Waals surface area contributed by atoms with E-state index in [0.717, 1.165) is 12.0 Å². The van der Waals surface area contributed by atoms with Gasteiger partial charge in [0.15, 0.2) is 5.71 Å². The zero-order valence-corrected chi connectivity index (χ0v) is 18.1. The lowest BCUT2D eigenvalue weighted by Gasteiger charge is -2.18. The number of aliphatic hydroxyl groups excluding tert-OH is 1. The summed E-state index contributed by atoms with van der Waals surface area (Å²) in [5.41, 5.74) is 0.0113. The summed E-state index contributed by atoms with van der Waals surface area (Å²) in [6.45, 7) is 0. The van der Waals surface area contributed by atoms with Gasteiger partial charge in [0, 0.05) is 18.3 Å². The molecule has 3 aromatic carbocycles. The maximum absolute atomic E-state index is 13.4. The molecular weight excluding hydrogens is 420 g/mol. The number of hydrogen-bond donors (Lipinski definition) is 1. The maximum Gasteiger partial charge on any atom is 0.357 e. The SMILES string of the molecule is COC(=O)C(=Nc1ccccc1)C(C(=O)C(=O)N(C)c1ccccc1)=C(O)c1ccccc1. The minimum atomic E-state index is -1.11. The maximum atomic E-state index is 13.4. The lowest BCUT2D eigenvalue weighted by Crippen LogP contribution is -2.37. The lowest BCUT2D eigenvalue weighted by molar-refractivity contribution is -0.134. The summed E-state index contributed by atoms with van der Waals surface area (Å²) < 4.78 is 4.83. The number of carbonyl (C=O) groups excluding carboxylic acids is 3. The van der Waals surface area contributed by atoms with Crippen molar-refractivity contribution >= 4 is 40.5 Å². The number of aliphatic imine (C=N–C) groups is 1. The van der Waals surface area contributed by atoms with E-state index in [-0.39, 0.29) is 5.56 Å². The van der Waals surface area contributed by atoms with Crippen LogP contribution >= 0.6 is 0 Å². The summed E-state index contributed by atoms with van der Waals surface area (Å²) in [6.07, 6.45) is 0. The van der Waals surface area contributed by atoms with Crippen LogP contribution in [0.2, 0.25) is 0 Å². The Labute approximate surface area is 191 Å². The number of likely N-dealkylation sites (N-methyl/N-ethyl adjacent to an activating group) is 1. The van der Waals surface area contributed by atoms with Gasteiger partial charge in [0.1, 0.15) is 11.3 Å². The second-order valence-corrected chi connectivity index (χ2v) is 6.91. The van der Waals surface area contributed by atoms with Gasteiger partial charge in [0.25, 0.3) is 11.7 Å². The molecule has 3 rings (SSSR count). The predicted octanol–water partition coefficient (Wildman–Crippen LogP) is 4.13. The van der Waals surface area contributed by atoms with Gasteiger partial charge in [0.05, 0.1) is 12.8 Å². The molecule has 0 saturated heterocycles. The molecule has 166 valence electrons. The molecule has 0 bridgehead atoms. The molecule has 0 atom stereocenters. The van der Waals surface area contributed by atoms with Crippen LogP contribution in [-0.4, -0.2) is 42.6 Å². The molecule has 0 unspecified atom stereocenters. The fourth-order valence-electron chi connectivity index (χ4n) is 3.03. The summed E-state index contributed by atoms with van der Waals surface area (Å²) in [5.74, 6) is -3.60. The Hall–Kier alpha value is -4.52. The van der Waals surface area contributed by atoms with Gasteiger partial charge in [-0.3, -0.25) is 9.59 Å². The van der Waals surface area contributed by atoms with Crippen LogP contribution in [0.15, 0.2) is 102 Å². The normalized spacial score (nSPS) is 11.9. The van der Waals surface area contributed by atoms with Crippen LogP contribution in [-0.2, 0) is 19.1 Å². The Morgan fingerprint density at radius 3 is 1.88 bits per heavy atom. The van der Waals surface area contributed by atoms with E-state index < -0.39 is 34.7 Å². The Balaban J connectivity index is 2.19. The average molecular weight is 442 g/mol. The molecule has 0 aliphatic carbocycles. The first-order valence-corrected chi connectivity index (χ1v) is 10.0. The van der Waals surface area contributed by atoms with Crippen molar-refractivity contribution in [2.24, 2.45) is 4.99 Å². The van der Waals surface area contributed by atoms with Crippen LogP contribution in [0.4, 0.5) is 11.4 Å². The molecular formula is C26H22N2O5. The van der Waals surface area contributed by atoms with Gasteiger partial charge in [-0.2, -0.15) is 0 Å². The van der Waals surface area contributed by atoms with Crippen LogP contribution in [0, 0.1) is 0 Å². The quantitative estimate of drug-likeness (QED) is 0.195. The van der Waals surface area contributed by atoms with Crippen molar-refractivity contribution in [2.75, 3.05) is 19.1 Å². The first kappa shape index (κ1) is 23.1. The third-order valence-corrected chi connectivity index (χ3v) is 4.77. The second kappa shape index (κ2) is 10.7. The highest BCUT2D eigenvalue weighted by atomic mass is 16.5. The number of ketones is 1. The number of ether oxygens (including phenoxy) is 1. The van der Waals surface area contributed by atoms with Crippen molar-refractivity contribution in [3.63, 3.8) is 0 Å². The molecule has 1 amide bonds. The van der Waals surface area contributed by atoms with Gasteiger partial charge in [-0.15, -0.1) is 0 Å². The van der Waals surface area contributed by atoms with E-state index >= 15 is 0 Å². The van der Waals surface area contributed by atoms with Crippen molar-refractivity contribution in [3.05, 3.63) is 102 Å². The molecule has 33 heavy (non-hydrogen) atoms. The number of esters is 1. The van der Waals surface area contributed by atoms with E-state index in [1.165, 1.54) is 7.05 Å². The third-order valence-electron chi connectivity index (χ3n) is 4.77. The standard InChI is InChI=1S/C26H22N2O5/c1-28(20-16-10-5-11-17-20)25(31)24(30)21(23(29)18-12-6-3-7-13-18)22(26(32)33-2)27-19-14-8-4-9-15-19/h3-17,29H,1-2H3. The van der Waals surface area contributed by atoms with Crippen LogP contribution in [0.5, 0.6) is 0 Å². The molecule has 0 spiro atoms. The Morgan fingerprint density at radius 2 is 1.33 bits per heavy atom. The van der Waals surface area contributed by atoms with Gasteiger partial charge < -0.3 is 14.7 Å². The first-order valence-electron chi connectivity index (χ1n) is 10.0. The van der Waals surface area contributed by atoms with Crippen LogP contribution in [0.1, 0.15) is 5.56 Å². The zero-order chi connectivity index (χ0) is 23.8. The van der Waals surface area contributed by atoms with E-state index in [0.29, 0.717) is 11.4 Å². The minimum Gasteiger partial charge on any atom is -0.506 e. The lowest BCUT2D eigenvalue weighted by atomic mass is 9.98. The van der Waals surface area contributed by atoms with Gasteiger partial charge in [0.2, 0.25) is 0 Å². The number of benzene rings is 3. The second-order valence-electron chi connectivity index (χ2n) is 6.91. The highest BCUT2D eigenvalue weighted by Crippen LogP contribution is 2.23. The molecule has 0 heterocycles. The molecule has 0 radical (unpaired) electrons. The monoisotopic (exact) mass is 442 g/mol. The molecule has 0 saturated carbocycles. The number of aliphatic hydroxyl groups is 1. The van der Waals surface area contributed by atoms with Gasteiger partial charge in [-0.05, 0) is 24.3 Å². The van der Waals surface area contributed by atoms with Gasteiger partial charge in [-0.1, -0.05) is 66.7 Å². The number of Topliss-reactive ketones (excluding diaryl/α,β-unsaturated/α-hetero) is 1. The minimum absolute atomic E-state index is 0.237. The van der Waals surface area contributed by atoms with Gasteiger partial charge >= 0.3 is 5.97 Å². The summed E-state index contributed by atoms with van der Waals surface area (Å²) in [7, 11) is 2.56. The van der Waals surface area contributed by atoms with Crippen molar-refractivity contribution in [3.8, 4) is 0 Å². The Morgan fingerprint density at radius 1 is 0.818 bits per heavy atom. The number of methoxy groups -OCH3 is 1. The molecule has 3 aromatic rings. The van der Waals surface area contributed by atoms with Crippen LogP contribution in [0.3, 0.4) is 0 Å². The van der Waals surface area contributed by atoms with E-state index in [4.69, 9.17) is 4.74 Å². The molecule has 1 N–H and O–H groups in total. The number of anilines is 1. The number of rotatable bonds is 7. The van der Waals surface area contributed by atoms with Crippen LogP contribution in [0.25, 0.3) is 5.76 Å². The zero-order valence-electron chi connectivity index (χ0n) is 18.1. The topological polar surface area (TPSA) is 96.3 Å². The number of amides is 1. The van der Waals surface area contributed by atoms with Crippen molar-refractivity contribution in [1.29, 1.82) is 0 Å². The summed E-state index contributed by atoms with van der Waals surface area (Å²) in [4.78, 5) is 44.6. The predicted molar refractivity (Wildman–Crippen MR) is 126 cm³/mol. The molecule has 7 heteroatoms. The molecule has 0 aromatic heterocycles. The van der Waals surface area contributed by atoms with Crippen molar-refractivity contribution in [2.45, 2.75) is 0 Å².